The summed E-state index contributed by atoms with van der Waals surface area (Å²) in [5, 5.41) is 19.2. The molecular formula is C23H31N7O2. The third-order valence-corrected chi connectivity index (χ3v) is 5.60. The molecule has 2 heterocycles. The predicted octanol–water partition coefficient (Wildman–Crippen LogP) is 2.64. The summed E-state index contributed by atoms with van der Waals surface area (Å²) >= 11 is 0. The second-order valence-corrected chi connectivity index (χ2v) is 8.63. The van der Waals surface area contributed by atoms with Crippen LogP contribution in [0.4, 0.5) is 11.5 Å². The van der Waals surface area contributed by atoms with E-state index in [9.17, 15) is 9.90 Å². The number of aromatic nitrogens is 4. The van der Waals surface area contributed by atoms with E-state index in [4.69, 9.17) is 0 Å². The van der Waals surface area contributed by atoms with Gasteiger partial charge in [0.2, 0.25) is 5.91 Å². The number of hydrogen-bond acceptors (Lipinski definition) is 7. The maximum absolute atomic E-state index is 11.9. The predicted molar refractivity (Wildman–Crippen MR) is 124 cm³/mol. The number of aliphatic hydroxyl groups excluding tert-OH is 1. The number of anilines is 2. The number of aliphatic hydroxyl groups is 1. The van der Waals surface area contributed by atoms with Crippen molar-refractivity contribution in [3.63, 3.8) is 0 Å². The van der Waals surface area contributed by atoms with Crippen molar-refractivity contribution in [1.82, 2.24) is 24.6 Å². The first-order valence-electron chi connectivity index (χ1n) is 11.1. The van der Waals surface area contributed by atoms with E-state index in [0.29, 0.717) is 5.69 Å². The number of rotatable bonds is 10. The summed E-state index contributed by atoms with van der Waals surface area (Å²) < 4.78 is 1.63. The van der Waals surface area contributed by atoms with Gasteiger partial charge in [-0.1, -0.05) is 6.92 Å². The molecule has 1 unspecified atom stereocenters. The van der Waals surface area contributed by atoms with Gasteiger partial charge in [-0.05, 0) is 43.4 Å². The number of likely N-dealkylation sites (N-methyl/N-ethyl adjacent to an activating group) is 1. The van der Waals surface area contributed by atoms with Gasteiger partial charge < -0.3 is 20.2 Å². The second-order valence-electron chi connectivity index (χ2n) is 8.63. The summed E-state index contributed by atoms with van der Waals surface area (Å²) in [4.78, 5) is 24.5. The summed E-state index contributed by atoms with van der Waals surface area (Å²) in [5.74, 6) is 1.58. The van der Waals surface area contributed by atoms with E-state index in [-0.39, 0.29) is 12.5 Å². The molecule has 170 valence electrons. The minimum absolute atomic E-state index is 0.0232. The fourth-order valence-electron chi connectivity index (χ4n) is 3.62. The van der Waals surface area contributed by atoms with Crippen molar-refractivity contribution in [2.75, 3.05) is 37.4 Å². The van der Waals surface area contributed by atoms with Gasteiger partial charge in [0.1, 0.15) is 18.7 Å². The van der Waals surface area contributed by atoms with Crippen LogP contribution >= 0.6 is 0 Å². The van der Waals surface area contributed by atoms with Crippen LogP contribution in [0.5, 0.6) is 0 Å². The maximum atomic E-state index is 11.9. The van der Waals surface area contributed by atoms with Crippen LogP contribution in [0.1, 0.15) is 38.1 Å². The Morgan fingerprint density at radius 3 is 2.81 bits per heavy atom. The first-order chi connectivity index (χ1) is 15.4. The Morgan fingerprint density at radius 2 is 2.09 bits per heavy atom. The quantitative estimate of drug-likeness (QED) is 0.470. The van der Waals surface area contributed by atoms with Crippen LogP contribution in [0, 0.1) is 5.92 Å². The summed E-state index contributed by atoms with van der Waals surface area (Å²) in [6, 6.07) is 7.49. The Balaban J connectivity index is 1.47. The number of benzene rings is 1. The van der Waals surface area contributed by atoms with Gasteiger partial charge in [0.15, 0.2) is 6.23 Å². The topological polar surface area (TPSA) is 99.4 Å². The molecule has 3 aromatic rings. The molecule has 1 aliphatic rings. The van der Waals surface area contributed by atoms with E-state index < -0.39 is 6.23 Å². The lowest BCUT2D eigenvalue weighted by atomic mass is 10.2. The smallest absolute Gasteiger partial charge is 0.243 e. The lowest BCUT2D eigenvalue weighted by molar-refractivity contribution is -0.129. The number of carbonyl (C=O) groups excluding carboxylic acids is 1. The highest BCUT2D eigenvalue weighted by Gasteiger charge is 2.25. The largest absolute Gasteiger partial charge is 0.368 e. The number of hydrogen-bond donors (Lipinski definition) is 2. The number of nitrogens with one attached hydrogen (secondary N) is 1. The van der Waals surface area contributed by atoms with Crippen molar-refractivity contribution in [2.24, 2.45) is 5.92 Å². The summed E-state index contributed by atoms with van der Waals surface area (Å²) in [6.07, 6.45) is 5.98. The zero-order chi connectivity index (χ0) is 22.7. The van der Waals surface area contributed by atoms with Gasteiger partial charge in [0.05, 0.1) is 11.2 Å². The van der Waals surface area contributed by atoms with Crippen molar-refractivity contribution < 1.29 is 9.90 Å². The molecule has 0 radical (unpaired) electrons. The number of nitrogens with zero attached hydrogens (tertiary/aromatic N) is 6. The van der Waals surface area contributed by atoms with Crippen molar-refractivity contribution in [3.05, 3.63) is 42.5 Å². The molecule has 9 heteroatoms. The van der Waals surface area contributed by atoms with Crippen LogP contribution in [0.2, 0.25) is 0 Å². The van der Waals surface area contributed by atoms with E-state index in [1.807, 2.05) is 30.5 Å². The fraction of sp³-hybridized carbons (Fsp3) is 0.478. The number of carbonyl (C=O) groups is 1. The molecule has 9 nitrogen and oxygen atoms in total. The molecule has 2 aromatic heterocycles. The number of amides is 1. The van der Waals surface area contributed by atoms with Crippen molar-refractivity contribution in [2.45, 2.75) is 39.0 Å². The number of fused-ring (bicyclic) bond motifs is 1. The van der Waals surface area contributed by atoms with Crippen LogP contribution in [0.25, 0.3) is 10.9 Å². The maximum Gasteiger partial charge on any atom is 0.243 e. The van der Waals surface area contributed by atoms with Crippen LogP contribution in [0.3, 0.4) is 0 Å². The van der Waals surface area contributed by atoms with E-state index in [1.54, 1.807) is 18.8 Å². The molecule has 1 fully saturated rings. The third-order valence-electron chi connectivity index (χ3n) is 5.60. The van der Waals surface area contributed by atoms with Crippen molar-refractivity contribution in [1.29, 1.82) is 0 Å². The zero-order valence-corrected chi connectivity index (χ0v) is 18.9. The van der Waals surface area contributed by atoms with Crippen LogP contribution < -0.4 is 10.2 Å². The lowest BCUT2D eigenvalue weighted by Gasteiger charge is -2.24. The van der Waals surface area contributed by atoms with Gasteiger partial charge in [0.25, 0.3) is 0 Å². The summed E-state index contributed by atoms with van der Waals surface area (Å²) in [7, 11) is 3.45. The standard InChI is InChI=1S/C23H31N7O2/c1-4-9-29(12-16-5-6-16)21-11-20(24-15-25-21)23(32)26-18-7-8-19-17(10-18)13-30(27-19)14-22(31)28(2)3/h7-8,10-11,13,15-16,23,26,32H,4-6,9,12,14H2,1-3H3. The summed E-state index contributed by atoms with van der Waals surface area (Å²) in [5.41, 5.74) is 2.06. The monoisotopic (exact) mass is 437 g/mol. The van der Waals surface area contributed by atoms with Gasteiger partial charge in [-0.2, -0.15) is 5.10 Å². The molecule has 0 spiro atoms. The van der Waals surface area contributed by atoms with Crippen molar-refractivity contribution in [3.8, 4) is 0 Å². The SMILES string of the molecule is CCCN(CC1CC1)c1cc(C(O)Nc2ccc3nn(CC(=O)N(C)C)cc3c2)ncn1. The highest BCUT2D eigenvalue weighted by molar-refractivity contribution is 5.83. The first-order valence-corrected chi connectivity index (χ1v) is 11.1. The van der Waals surface area contributed by atoms with Crippen LogP contribution in [-0.4, -0.2) is 62.8 Å². The summed E-state index contributed by atoms with van der Waals surface area (Å²) in [6.45, 7) is 4.29. The molecule has 32 heavy (non-hydrogen) atoms. The van der Waals surface area contributed by atoms with Gasteiger partial charge in [-0.25, -0.2) is 9.97 Å². The Kier molecular flexibility index (Phi) is 6.55. The molecule has 1 aliphatic carbocycles. The van der Waals surface area contributed by atoms with E-state index in [1.165, 1.54) is 24.1 Å². The average molecular weight is 438 g/mol. The van der Waals surface area contributed by atoms with Gasteiger partial charge in [0, 0.05) is 50.5 Å². The van der Waals surface area contributed by atoms with E-state index in [0.717, 1.165) is 47.8 Å². The minimum atomic E-state index is -0.969. The highest BCUT2D eigenvalue weighted by Crippen LogP contribution is 2.31. The van der Waals surface area contributed by atoms with Gasteiger partial charge in [-0.3, -0.25) is 9.48 Å². The molecule has 1 amide bonds. The molecule has 4 rings (SSSR count). The first kappa shape index (κ1) is 22.0. The zero-order valence-electron chi connectivity index (χ0n) is 18.9. The molecule has 2 N–H and O–H groups in total. The second kappa shape index (κ2) is 9.52. The van der Waals surface area contributed by atoms with Gasteiger partial charge >= 0.3 is 0 Å². The highest BCUT2D eigenvalue weighted by atomic mass is 16.3. The Hall–Kier alpha value is -3.20. The molecule has 0 bridgehead atoms. The Morgan fingerprint density at radius 1 is 1.28 bits per heavy atom. The molecular weight excluding hydrogens is 406 g/mol. The van der Waals surface area contributed by atoms with E-state index >= 15 is 0 Å². The third kappa shape index (κ3) is 5.34. The average Bonchev–Trinajstić information content (AvgIpc) is 3.50. The lowest BCUT2D eigenvalue weighted by Crippen LogP contribution is -2.28. The van der Waals surface area contributed by atoms with E-state index in [2.05, 4.69) is 32.2 Å². The Bertz CT molecular complexity index is 1080. The molecule has 0 aliphatic heterocycles. The normalized spacial score (nSPS) is 14.4. The minimum Gasteiger partial charge on any atom is -0.368 e. The van der Waals surface area contributed by atoms with Crippen LogP contribution in [-0.2, 0) is 11.3 Å². The molecule has 1 saturated carbocycles. The molecule has 1 aromatic carbocycles. The fourth-order valence-corrected chi connectivity index (χ4v) is 3.62. The van der Waals surface area contributed by atoms with Gasteiger partial charge in [-0.15, -0.1) is 0 Å². The van der Waals surface area contributed by atoms with Crippen molar-refractivity contribution >= 4 is 28.3 Å². The van der Waals surface area contributed by atoms with Crippen LogP contribution in [0.15, 0.2) is 36.8 Å². The molecule has 1 atom stereocenters. The Labute approximate surface area is 188 Å². The molecule has 0 saturated heterocycles.